The van der Waals surface area contributed by atoms with Gasteiger partial charge < -0.3 is 24.3 Å². The first-order valence-electron chi connectivity index (χ1n) is 11.3. The average molecular weight is 468 g/mol. The molecule has 4 rings (SSSR count). The fourth-order valence-electron chi connectivity index (χ4n) is 4.78. The molecule has 1 spiro atoms. The van der Waals surface area contributed by atoms with E-state index in [1.54, 1.807) is 29.2 Å². The zero-order valence-electron chi connectivity index (χ0n) is 19.2. The average Bonchev–Trinajstić information content (AvgIpc) is 3.26. The van der Waals surface area contributed by atoms with Crippen molar-refractivity contribution in [1.82, 2.24) is 14.8 Å². The van der Waals surface area contributed by atoms with Crippen LogP contribution in [0.5, 0.6) is 11.5 Å². The number of fused-ring (bicyclic) bond motifs is 2. The van der Waals surface area contributed by atoms with Crippen LogP contribution >= 0.6 is 0 Å². The Hall–Kier alpha value is -2.68. The van der Waals surface area contributed by atoms with Gasteiger partial charge in [0, 0.05) is 38.9 Å². The molecule has 6 nitrogen and oxygen atoms in total. The Morgan fingerprint density at radius 1 is 1.18 bits per heavy atom. The Morgan fingerprint density at radius 3 is 2.55 bits per heavy atom. The molecule has 33 heavy (non-hydrogen) atoms. The molecule has 1 amide bonds. The van der Waals surface area contributed by atoms with Gasteiger partial charge in [-0.05, 0) is 56.5 Å². The van der Waals surface area contributed by atoms with Crippen LogP contribution in [-0.4, -0.2) is 48.2 Å². The summed E-state index contributed by atoms with van der Waals surface area (Å²) < 4.78 is 52.8. The lowest BCUT2D eigenvalue weighted by molar-refractivity contribution is -0.144. The predicted octanol–water partition coefficient (Wildman–Crippen LogP) is 4.67. The maximum Gasteiger partial charge on any atom is 0.431 e. The summed E-state index contributed by atoms with van der Waals surface area (Å²) in [6.45, 7) is 5.65. The number of nitrogens with one attached hydrogen (secondary N) is 1. The second-order valence-electron chi connectivity index (χ2n) is 8.76. The van der Waals surface area contributed by atoms with E-state index in [4.69, 9.17) is 9.47 Å². The Bertz CT molecular complexity index is 1020. The highest BCUT2D eigenvalue weighted by atomic mass is 19.4. The maximum atomic E-state index is 13.4. The van der Waals surface area contributed by atoms with Crippen molar-refractivity contribution in [2.75, 3.05) is 26.7 Å². The van der Waals surface area contributed by atoms with E-state index < -0.39 is 17.4 Å². The number of likely N-dealkylation sites (tertiary alicyclic amines) is 1. The molecule has 2 aliphatic heterocycles. The summed E-state index contributed by atoms with van der Waals surface area (Å²) in [4.78, 5) is 14.9. The van der Waals surface area contributed by atoms with Crippen LogP contribution in [-0.2, 0) is 18.3 Å². The first-order chi connectivity index (χ1) is 15.7. The number of carbonyl (C=O) groups excluding carboxylic acids is 1. The number of nitrogens with zero attached hydrogens (tertiary/aromatic N) is 2. The molecule has 1 aromatic carbocycles. The van der Waals surface area contributed by atoms with Gasteiger partial charge >= 0.3 is 6.18 Å². The molecule has 3 heterocycles. The zero-order valence-corrected chi connectivity index (χ0v) is 19.2. The molecular formula is C24H32F3N3O3. The van der Waals surface area contributed by atoms with Crippen molar-refractivity contribution in [1.29, 1.82) is 0 Å². The normalized spacial score (nSPS) is 18.7. The number of alkyl halides is 3. The van der Waals surface area contributed by atoms with Crippen LogP contribution in [0.1, 0.15) is 56.3 Å². The second-order valence-corrected chi connectivity index (χ2v) is 8.76. The fourth-order valence-corrected chi connectivity index (χ4v) is 4.78. The van der Waals surface area contributed by atoms with Crippen LogP contribution in [0.2, 0.25) is 0 Å². The largest absolute Gasteiger partial charge is 0.493 e. The minimum absolute atomic E-state index is 0. The van der Waals surface area contributed by atoms with Gasteiger partial charge in [0.05, 0.1) is 18.8 Å². The van der Waals surface area contributed by atoms with Gasteiger partial charge in [-0.2, -0.15) is 13.2 Å². The lowest BCUT2D eigenvalue weighted by Crippen LogP contribution is -2.56. The molecule has 1 fully saturated rings. The molecule has 0 radical (unpaired) electrons. The molecule has 2 aromatic rings. The van der Waals surface area contributed by atoms with Crippen molar-refractivity contribution < 1.29 is 28.9 Å². The molecule has 1 aromatic heterocycles. The first kappa shape index (κ1) is 23.5. The number of rotatable bonds is 5. The summed E-state index contributed by atoms with van der Waals surface area (Å²) in [7, 11) is 1.54. The Balaban J connectivity index is 0.00000324. The topological polar surface area (TPSA) is 55.7 Å². The Morgan fingerprint density at radius 2 is 1.91 bits per heavy atom. The van der Waals surface area contributed by atoms with Crippen molar-refractivity contribution in [2.45, 2.75) is 57.5 Å². The van der Waals surface area contributed by atoms with Gasteiger partial charge in [0.25, 0.3) is 5.91 Å². The summed E-state index contributed by atoms with van der Waals surface area (Å²) in [5.74, 6) is 0.968. The third kappa shape index (κ3) is 4.43. The summed E-state index contributed by atoms with van der Waals surface area (Å²) in [5.41, 5.74) is -0.00629. The summed E-state index contributed by atoms with van der Waals surface area (Å²) in [5, 5.41) is 3.44. The van der Waals surface area contributed by atoms with Gasteiger partial charge in [-0.25, -0.2) is 0 Å². The van der Waals surface area contributed by atoms with Crippen molar-refractivity contribution in [3.8, 4) is 11.5 Å². The number of carbonyl (C=O) groups is 1. The molecule has 0 bridgehead atoms. The van der Waals surface area contributed by atoms with E-state index in [1.807, 2.05) is 13.8 Å². The highest BCUT2D eigenvalue weighted by Crippen LogP contribution is 2.40. The zero-order chi connectivity index (χ0) is 23.8. The predicted molar refractivity (Wildman–Crippen MR) is 120 cm³/mol. The molecule has 1 saturated heterocycles. The quantitative estimate of drug-likeness (QED) is 0.694. The number of piperidine rings is 1. The molecule has 1 atom stereocenters. The molecule has 0 saturated carbocycles. The highest BCUT2D eigenvalue weighted by Gasteiger charge is 2.44. The molecule has 1 N–H and O–H groups in total. The van der Waals surface area contributed by atoms with Crippen LogP contribution in [0.25, 0.3) is 0 Å². The smallest absolute Gasteiger partial charge is 0.431 e. The van der Waals surface area contributed by atoms with Crippen molar-refractivity contribution in [3.63, 3.8) is 0 Å². The minimum atomic E-state index is -4.38. The van der Waals surface area contributed by atoms with Gasteiger partial charge in [0.1, 0.15) is 5.69 Å². The fraction of sp³-hybridized carbons (Fsp3) is 0.542. The van der Waals surface area contributed by atoms with Gasteiger partial charge in [-0.15, -0.1) is 0 Å². The molecule has 0 aliphatic carbocycles. The molecule has 2 aliphatic rings. The lowest BCUT2D eigenvalue weighted by atomic mass is 9.83. The second kappa shape index (κ2) is 8.93. The van der Waals surface area contributed by atoms with Gasteiger partial charge in [0.2, 0.25) is 0 Å². The third-order valence-corrected chi connectivity index (χ3v) is 6.78. The SMILES string of the molecule is CC[C@@H](C)Oc1ccc(C(=O)N2CCC3(CC2)NCCn2c(C(F)(F)F)ccc23)cc1OC.[HH]. The third-order valence-electron chi connectivity index (χ3n) is 6.78. The number of aromatic nitrogens is 1. The van der Waals surface area contributed by atoms with E-state index in [0.717, 1.165) is 12.5 Å². The van der Waals surface area contributed by atoms with E-state index in [0.29, 0.717) is 55.2 Å². The van der Waals surface area contributed by atoms with Crippen molar-refractivity contribution in [3.05, 3.63) is 47.3 Å². The van der Waals surface area contributed by atoms with Crippen LogP contribution in [0, 0.1) is 0 Å². The minimum Gasteiger partial charge on any atom is -0.493 e. The Kier molecular flexibility index (Phi) is 6.35. The number of hydrogen-bond donors (Lipinski definition) is 1. The number of benzene rings is 1. The van der Waals surface area contributed by atoms with Gasteiger partial charge in [-0.3, -0.25) is 4.79 Å². The maximum absolute atomic E-state index is 13.4. The number of halogens is 3. The monoisotopic (exact) mass is 467 g/mol. The first-order valence-corrected chi connectivity index (χ1v) is 11.3. The summed E-state index contributed by atoms with van der Waals surface area (Å²) in [6.07, 6.45) is -2.41. The van der Waals surface area contributed by atoms with E-state index >= 15 is 0 Å². The van der Waals surface area contributed by atoms with Crippen molar-refractivity contribution in [2.24, 2.45) is 0 Å². The number of methoxy groups -OCH3 is 1. The standard InChI is InChI=1S/C24H30F3N3O3.H2/c1-4-16(2)33-18-6-5-17(15-19(18)32-3)22(31)29-12-9-23(10-13-29)20-7-8-21(24(25,26)27)30(20)14-11-28-23;/h5-8,15-16,28H,4,9-14H2,1-3H3;1H/t16-;/m1./s1. The van der Waals surface area contributed by atoms with Crippen molar-refractivity contribution >= 4 is 5.91 Å². The lowest BCUT2D eigenvalue weighted by Gasteiger charge is -2.45. The van der Waals surface area contributed by atoms with Crippen LogP contribution in [0.15, 0.2) is 30.3 Å². The van der Waals surface area contributed by atoms with Crippen LogP contribution < -0.4 is 14.8 Å². The molecule has 9 heteroatoms. The van der Waals surface area contributed by atoms with E-state index in [2.05, 4.69) is 5.32 Å². The number of hydrogen-bond acceptors (Lipinski definition) is 4. The van der Waals surface area contributed by atoms with E-state index in [-0.39, 0.29) is 20.0 Å². The van der Waals surface area contributed by atoms with Crippen LogP contribution in [0.4, 0.5) is 13.2 Å². The van der Waals surface area contributed by atoms with Crippen LogP contribution in [0.3, 0.4) is 0 Å². The molecular weight excluding hydrogens is 435 g/mol. The summed E-state index contributed by atoms with van der Waals surface area (Å²) >= 11 is 0. The molecule has 0 unspecified atom stereocenters. The molecule has 182 valence electrons. The highest BCUT2D eigenvalue weighted by molar-refractivity contribution is 5.95. The van der Waals surface area contributed by atoms with Gasteiger partial charge in [0.15, 0.2) is 11.5 Å². The van der Waals surface area contributed by atoms with Gasteiger partial charge in [-0.1, -0.05) is 6.92 Å². The van der Waals surface area contributed by atoms with E-state index in [9.17, 15) is 18.0 Å². The Labute approximate surface area is 193 Å². The summed E-state index contributed by atoms with van der Waals surface area (Å²) in [6, 6.07) is 7.90. The van der Waals surface area contributed by atoms with E-state index in [1.165, 1.54) is 11.7 Å². The number of amides is 1. The number of ether oxygens (including phenoxy) is 2.